The Morgan fingerprint density at radius 3 is 2.46 bits per heavy atom. The molecule has 1 aromatic carbocycles. The van der Waals surface area contributed by atoms with Crippen molar-refractivity contribution in [1.82, 2.24) is 9.88 Å². The van der Waals surface area contributed by atoms with Gasteiger partial charge in [0.1, 0.15) is 0 Å². The summed E-state index contributed by atoms with van der Waals surface area (Å²) < 4.78 is 0. The van der Waals surface area contributed by atoms with Crippen molar-refractivity contribution in [2.24, 2.45) is 0 Å². The summed E-state index contributed by atoms with van der Waals surface area (Å²) >= 11 is 6.18. The third-order valence-corrected chi connectivity index (χ3v) is 4.31. The largest absolute Gasteiger partial charge is 0.367 e. The topological polar surface area (TPSA) is 65.5 Å². The number of benzene rings is 1. The van der Waals surface area contributed by atoms with E-state index in [1.807, 2.05) is 11.0 Å². The predicted molar refractivity (Wildman–Crippen MR) is 93.5 cm³/mol. The number of halogens is 1. The highest BCUT2D eigenvalue weighted by Crippen LogP contribution is 2.25. The van der Waals surface area contributed by atoms with Crippen LogP contribution in [0.4, 0.5) is 11.4 Å². The Bertz CT molecular complexity index is 728. The molecule has 0 saturated carbocycles. The standard InChI is InChI=1S/C17H17ClN4O2/c18-15-11-19-6-5-16(15)21-7-9-22(10-8-21)17(24)13-1-3-14(4-2-13)20-12-23/h1-6,11-12H,7-10H2,(H,20,23). The van der Waals surface area contributed by atoms with Crippen molar-refractivity contribution in [3.8, 4) is 0 Å². The number of nitrogens with zero attached hydrogens (tertiary/aromatic N) is 3. The van der Waals surface area contributed by atoms with E-state index in [1.54, 1.807) is 36.7 Å². The Morgan fingerprint density at radius 1 is 1.12 bits per heavy atom. The van der Waals surface area contributed by atoms with Crippen LogP contribution in [-0.4, -0.2) is 48.4 Å². The Balaban J connectivity index is 1.62. The van der Waals surface area contributed by atoms with Gasteiger partial charge in [-0.1, -0.05) is 11.6 Å². The lowest BCUT2D eigenvalue weighted by Gasteiger charge is -2.36. The molecule has 0 unspecified atom stereocenters. The van der Waals surface area contributed by atoms with E-state index in [4.69, 9.17) is 11.6 Å². The van der Waals surface area contributed by atoms with Crippen LogP contribution in [0.1, 0.15) is 10.4 Å². The summed E-state index contributed by atoms with van der Waals surface area (Å²) in [6.45, 7) is 2.71. The number of carbonyl (C=O) groups is 2. The normalized spacial score (nSPS) is 14.4. The fraction of sp³-hybridized carbons (Fsp3) is 0.235. The van der Waals surface area contributed by atoms with Gasteiger partial charge in [-0.05, 0) is 30.3 Å². The second-order valence-electron chi connectivity index (χ2n) is 5.45. The Morgan fingerprint density at radius 2 is 1.83 bits per heavy atom. The van der Waals surface area contributed by atoms with Gasteiger partial charge in [0, 0.05) is 49.8 Å². The number of hydrogen-bond donors (Lipinski definition) is 1. The zero-order chi connectivity index (χ0) is 16.9. The van der Waals surface area contributed by atoms with Gasteiger partial charge in [0.2, 0.25) is 6.41 Å². The molecule has 124 valence electrons. The van der Waals surface area contributed by atoms with E-state index in [0.29, 0.717) is 35.8 Å². The zero-order valence-electron chi connectivity index (χ0n) is 13.0. The molecule has 0 atom stereocenters. The first-order valence-corrected chi connectivity index (χ1v) is 8.01. The number of amides is 2. The number of carbonyl (C=O) groups excluding carboxylic acids is 2. The van der Waals surface area contributed by atoms with Gasteiger partial charge in [-0.3, -0.25) is 14.6 Å². The summed E-state index contributed by atoms with van der Waals surface area (Å²) in [6, 6.07) is 8.77. The van der Waals surface area contributed by atoms with Crippen LogP contribution in [0.15, 0.2) is 42.7 Å². The highest BCUT2D eigenvalue weighted by molar-refractivity contribution is 6.33. The van der Waals surface area contributed by atoms with Crippen molar-refractivity contribution >= 4 is 35.3 Å². The van der Waals surface area contributed by atoms with Gasteiger partial charge in [-0.2, -0.15) is 0 Å². The summed E-state index contributed by atoms with van der Waals surface area (Å²) in [6.07, 6.45) is 3.96. The third kappa shape index (κ3) is 3.49. The van der Waals surface area contributed by atoms with Crippen molar-refractivity contribution in [3.05, 3.63) is 53.3 Å². The molecule has 0 bridgehead atoms. The maximum absolute atomic E-state index is 12.6. The summed E-state index contributed by atoms with van der Waals surface area (Å²) in [5.41, 5.74) is 2.23. The first kappa shape index (κ1) is 16.3. The molecule has 1 aliphatic rings. The third-order valence-electron chi connectivity index (χ3n) is 4.02. The van der Waals surface area contributed by atoms with Crippen LogP contribution in [-0.2, 0) is 4.79 Å². The van der Waals surface area contributed by atoms with Crippen LogP contribution >= 0.6 is 11.6 Å². The number of hydrogen-bond acceptors (Lipinski definition) is 4. The summed E-state index contributed by atoms with van der Waals surface area (Å²) in [5, 5.41) is 3.17. The average Bonchev–Trinajstić information content (AvgIpc) is 2.63. The highest BCUT2D eigenvalue weighted by atomic mass is 35.5. The number of piperazine rings is 1. The Labute approximate surface area is 145 Å². The monoisotopic (exact) mass is 344 g/mol. The smallest absolute Gasteiger partial charge is 0.253 e. The second kappa shape index (κ2) is 7.31. The number of nitrogens with one attached hydrogen (secondary N) is 1. The molecular weight excluding hydrogens is 328 g/mol. The molecule has 0 spiro atoms. The first-order valence-electron chi connectivity index (χ1n) is 7.63. The minimum atomic E-state index is -0.00636. The molecule has 0 aliphatic carbocycles. The molecule has 6 nitrogen and oxygen atoms in total. The molecular formula is C17H17ClN4O2. The lowest BCUT2D eigenvalue weighted by Crippen LogP contribution is -2.48. The van der Waals surface area contributed by atoms with Crippen LogP contribution in [0, 0.1) is 0 Å². The Hall–Kier alpha value is -2.60. The summed E-state index contributed by atoms with van der Waals surface area (Å²) in [4.78, 5) is 30.9. The minimum absolute atomic E-state index is 0.00636. The first-order chi connectivity index (χ1) is 11.7. The fourth-order valence-electron chi connectivity index (χ4n) is 2.73. The van der Waals surface area contributed by atoms with Gasteiger partial charge in [-0.15, -0.1) is 0 Å². The fourth-order valence-corrected chi connectivity index (χ4v) is 2.97. The van der Waals surface area contributed by atoms with Crippen molar-refractivity contribution in [2.75, 3.05) is 36.4 Å². The number of pyridine rings is 1. The van der Waals surface area contributed by atoms with Crippen LogP contribution in [0.2, 0.25) is 5.02 Å². The van der Waals surface area contributed by atoms with Gasteiger partial charge in [0.25, 0.3) is 5.91 Å². The van der Waals surface area contributed by atoms with Crippen LogP contribution in [0.3, 0.4) is 0 Å². The lowest BCUT2D eigenvalue weighted by atomic mass is 10.1. The number of rotatable bonds is 4. The SMILES string of the molecule is O=CNc1ccc(C(=O)N2CCN(c3ccncc3Cl)CC2)cc1. The van der Waals surface area contributed by atoms with E-state index in [1.165, 1.54) is 0 Å². The van der Waals surface area contributed by atoms with Gasteiger partial charge < -0.3 is 15.1 Å². The Kier molecular flexibility index (Phi) is 4.96. The summed E-state index contributed by atoms with van der Waals surface area (Å²) in [7, 11) is 0. The van der Waals surface area contributed by atoms with Crippen molar-refractivity contribution in [2.45, 2.75) is 0 Å². The lowest BCUT2D eigenvalue weighted by molar-refractivity contribution is -0.105. The molecule has 7 heteroatoms. The van der Waals surface area contributed by atoms with E-state index in [-0.39, 0.29) is 5.91 Å². The van der Waals surface area contributed by atoms with E-state index in [9.17, 15) is 9.59 Å². The molecule has 2 aromatic rings. The molecule has 1 aliphatic heterocycles. The molecule has 1 saturated heterocycles. The van der Waals surface area contributed by atoms with E-state index >= 15 is 0 Å². The quantitative estimate of drug-likeness (QED) is 0.864. The molecule has 1 N–H and O–H groups in total. The number of anilines is 2. The van der Waals surface area contributed by atoms with E-state index < -0.39 is 0 Å². The average molecular weight is 345 g/mol. The maximum Gasteiger partial charge on any atom is 0.253 e. The molecule has 1 fully saturated rings. The molecule has 3 rings (SSSR count). The van der Waals surface area contributed by atoms with Crippen LogP contribution in [0.5, 0.6) is 0 Å². The molecule has 2 heterocycles. The zero-order valence-corrected chi connectivity index (χ0v) is 13.7. The number of aromatic nitrogens is 1. The van der Waals surface area contributed by atoms with E-state index in [2.05, 4.69) is 15.2 Å². The second-order valence-corrected chi connectivity index (χ2v) is 5.85. The van der Waals surface area contributed by atoms with Gasteiger partial charge in [0.15, 0.2) is 0 Å². The van der Waals surface area contributed by atoms with Crippen LogP contribution in [0.25, 0.3) is 0 Å². The van der Waals surface area contributed by atoms with Crippen LogP contribution < -0.4 is 10.2 Å². The molecule has 24 heavy (non-hydrogen) atoms. The maximum atomic E-state index is 12.6. The van der Waals surface area contributed by atoms with Gasteiger partial charge in [-0.25, -0.2) is 0 Å². The molecule has 1 aromatic heterocycles. The van der Waals surface area contributed by atoms with E-state index in [0.717, 1.165) is 18.8 Å². The predicted octanol–water partition coefficient (Wildman–Crippen LogP) is 2.27. The van der Waals surface area contributed by atoms with Crippen molar-refractivity contribution < 1.29 is 9.59 Å². The van der Waals surface area contributed by atoms with Crippen molar-refractivity contribution in [1.29, 1.82) is 0 Å². The van der Waals surface area contributed by atoms with Gasteiger partial charge in [0.05, 0.1) is 10.7 Å². The highest BCUT2D eigenvalue weighted by Gasteiger charge is 2.23. The van der Waals surface area contributed by atoms with Crippen molar-refractivity contribution in [3.63, 3.8) is 0 Å². The van der Waals surface area contributed by atoms with Gasteiger partial charge >= 0.3 is 0 Å². The molecule has 2 amide bonds. The minimum Gasteiger partial charge on any atom is -0.367 e. The molecule has 0 radical (unpaired) electrons. The summed E-state index contributed by atoms with van der Waals surface area (Å²) in [5.74, 6) is -0.00636.